The van der Waals surface area contributed by atoms with Gasteiger partial charge in [-0.05, 0) is 42.5 Å². The van der Waals surface area contributed by atoms with Gasteiger partial charge >= 0.3 is 0 Å². The van der Waals surface area contributed by atoms with Gasteiger partial charge in [0.25, 0.3) is 0 Å². The second-order valence-electron chi connectivity index (χ2n) is 7.24. The van der Waals surface area contributed by atoms with E-state index in [1.807, 2.05) is 0 Å². The predicted octanol–water partition coefficient (Wildman–Crippen LogP) is 4.94. The lowest BCUT2D eigenvalue weighted by molar-refractivity contribution is 0.456. The van der Waals surface area contributed by atoms with E-state index in [2.05, 4.69) is 17.8 Å². The molecular formula is C28H18N2O4. The smallest absolute Gasteiger partial charge is 0.152 e. The SMILES string of the molecule is C#Cc1cc(Oc2ccc(N)c(O)c2)c2ccc(C#C)c(Oc3ccc(N)c(O)c3)c2c1C#C. The van der Waals surface area contributed by atoms with Crippen LogP contribution in [-0.2, 0) is 0 Å². The van der Waals surface area contributed by atoms with Crippen LogP contribution in [0.5, 0.6) is 34.5 Å². The van der Waals surface area contributed by atoms with Crippen molar-refractivity contribution < 1.29 is 19.7 Å². The fraction of sp³-hybridized carbons (Fsp3) is 0. The molecule has 164 valence electrons. The van der Waals surface area contributed by atoms with E-state index in [0.717, 1.165) is 0 Å². The second-order valence-corrected chi connectivity index (χ2v) is 7.24. The molecule has 0 aliphatic rings. The van der Waals surface area contributed by atoms with Gasteiger partial charge in [0.15, 0.2) is 5.75 Å². The van der Waals surface area contributed by atoms with Crippen molar-refractivity contribution in [2.75, 3.05) is 11.5 Å². The number of phenolic OH excluding ortho intramolecular Hbond substituents is 2. The first-order valence-electron chi connectivity index (χ1n) is 9.92. The summed E-state index contributed by atoms with van der Waals surface area (Å²) in [6.07, 6.45) is 17.3. The summed E-state index contributed by atoms with van der Waals surface area (Å²) < 4.78 is 12.1. The molecule has 6 nitrogen and oxygen atoms in total. The lowest BCUT2D eigenvalue weighted by Crippen LogP contribution is -1.98. The third kappa shape index (κ3) is 3.82. The van der Waals surface area contributed by atoms with E-state index in [1.54, 1.807) is 30.3 Å². The number of nitrogen functional groups attached to an aromatic ring is 2. The minimum absolute atomic E-state index is 0.124. The van der Waals surface area contributed by atoms with E-state index in [1.165, 1.54) is 24.3 Å². The number of phenols is 2. The van der Waals surface area contributed by atoms with Crippen molar-refractivity contribution in [2.24, 2.45) is 0 Å². The van der Waals surface area contributed by atoms with Crippen molar-refractivity contribution >= 4 is 22.1 Å². The average Bonchev–Trinajstić information content (AvgIpc) is 2.83. The Morgan fingerprint density at radius 3 is 1.79 bits per heavy atom. The van der Waals surface area contributed by atoms with Crippen LogP contribution in [0, 0.1) is 37.0 Å². The van der Waals surface area contributed by atoms with Gasteiger partial charge < -0.3 is 31.2 Å². The molecule has 0 fully saturated rings. The lowest BCUT2D eigenvalue weighted by Gasteiger charge is -2.17. The predicted molar refractivity (Wildman–Crippen MR) is 133 cm³/mol. The zero-order valence-electron chi connectivity index (χ0n) is 17.8. The number of aromatic hydroxyl groups is 2. The van der Waals surface area contributed by atoms with Gasteiger partial charge in [0.2, 0.25) is 0 Å². The Labute approximate surface area is 196 Å². The maximum atomic E-state index is 10.00. The molecule has 0 saturated heterocycles. The number of fused-ring (bicyclic) bond motifs is 1. The second kappa shape index (κ2) is 8.63. The molecule has 0 saturated carbocycles. The molecule has 4 aromatic rings. The molecule has 6 N–H and O–H groups in total. The van der Waals surface area contributed by atoms with Gasteiger partial charge in [-0.15, -0.1) is 19.3 Å². The number of nitrogens with two attached hydrogens (primary N) is 2. The fourth-order valence-electron chi connectivity index (χ4n) is 3.44. The summed E-state index contributed by atoms with van der Waals surface area (Å²) in [5.41, 5.74) is 13.0. The monoisotopic (exact) mass is 446 g/mol. The van der Waals surface area contributed by atoms with Crippen LogP contribution in [0.15, 0.2) is 54.6 Å². The maximum absolute atomic E-state index is 10.00. The molecule has 0 radical (unpaired) electrons. The molecule has 0 aliphatic carbocycles. The highest BCUT2D eigenvalue weighted by Gasteiger charge is 2.19. The molecular weight excluding hydrogens is 428 g/mol. The first-order valence-corrected chi connectivity index (χ1v) is 9.92. The summed E-state index contributed by atoms with van der Waals surface area (Å²) in [6.45, 7) is 0. The summed E-state index contributed by atoms with van der Waals surface area (Å²) >= 11 is 0. The Bertz CT molecular complexity index is 1580. The van der Waals surface area contributed by atoms with Crippen molar-refractivity contribution in [1.82, 2.24) is 0 Å². The van der Waals surface area contributed by atoms with E-state index >= 15 is 0 Å². The van der Waals surface area contributed by atoms with Crippen LogP contribution in [0.3, 0.4) is 0 Å². The van der Waals surface area contributed by atoms with E-state index in [0.29, 0.717) is 39.0 Å². The average molecular weight is 446 g/mol. The van der Waals surface area contributed by atoms with Crippen LogP contribution in [0.25, 0.3) is 10.8 Å². The van der Waals surface area contributed by atoms with Crippen LogP contribution >= 0.6 is 0 Å². The third-order valence-corrected chi connectivity index (χ3v) is 5.12. The third-order valence-electron chi connectivity index (χ3n) is 5.12. The van der Waals surface area contributed by atoms with Crippen LogP contribution in [0.2, 0.25) is 0 Å². The van der Waals surface area contributed by atoms with Crippen LogP contribution in [0.4, 0.5) is 11.4 Å². The summed E-state index contributed by atoms with van der Waals surface area (Å²) in [4.78, 5) is 0. The van der Waals surface area contributed by atoms with Gasteiger partial charge in [0.05, 0.1) is 22.5 Å². The van der Waals surface area contributed by atoms with E-state index in [-0.39, 0.29) is 34.4 Å². The number of benzene rings is 4. The first kappa shape index (κ1) is 21.8. The van der Waals surface area contributed by atoms with Gasteiger partial charge in [0, 0.05) is 28.5 Å². The van der Waals surface area contributed by atoms with Crippen molar-refractivity contribution in [3.05, 3.63) is 71.3 Å². The molecule has 4 rings (SSSR count). The summed E-state index contributed by atoms with van der Waals surface area (Å²) in [5.74, 6) is 8.76. The molecule has 6 heteroatoms. The standard InChI is InChI=1S/C28H18N2O4/c1-4-16-7-10-21-26(33-18-8-11-22(29)24(31)14-18)13-17(5-2)20(6-3)27(21)28(16)34-19-9-12-23(30)25(32)15-19/h1-3,7-15,31-32H,29-30H2. The zero-order chi connectivity index (χ0) is 24.4. The first-order chi connectivity index (χ1) is 16.4. The highest BCUT2D eigenvalue weighted by Crippen LogP contribution is 2.43. The Hall–Kier alpha value is -5.38. The van der Waals surface area contributed by atoms with Crippen LogP contribution < -0.4 is 20.9 Å². The molecule has 0 amide bonds. The van der Waals surface area contributed by atoms with Gasteiger partial charge in [-0.2, -0.15) is 0 Å². The minimum atomic E-state index is -0.145. The largest absolute Gasteiger partial charge is 0.506 e. The number of anilines is 2. The van der Waals surface area contributed by atoms with Crippen molar-refractivity contribution in [3.63, 3.8) is 0 Å². The number of ether oxygens (including phenoxy) is 2. The normalized spacial score (nSPS) is 10.1. The van der Waals surface area contributed by atoms with Crippen molar-refractivity contribution in [3.8, 4) is 71.5 Å². The number of terminal acetylenes is 3. The van der Waals surface area contributed by atoms with E-state index in [9.17, 15) is 10.2 Å². The highest BCUT2D eigenvalue weighted by atomic mass is 16.5. The molecule has 0 spiro atoms. The van der Waals surface area contributed by atoms with Gasteiger partial charge in [-0.1, -0.05) is 17.8 Å². The Balaban J connectivity index is 1.99. The maximum Gasteiger partial charge on any atom is 0.152 e. The Morgan fingerprint density at radius 2 is 1.26 bits per heavy atom. The Kier molecular flexibility index (Phi) is 5.54. The lowest BCUT2D eigenvalue weighted by atomic mass is 9.95. The van der Waals surface area contributed by atoms with Crippen molar-refractivity contribution in [1.29, 1.82) is 0 Å². The molecule has 0 atom stereocenters. The molecule has 4 aromatic carbocycles. The zero-order valence-corrected chi connectivity index (χ0v) is 17.8. The van der Waals surface area contributed by atoms with Gasteiger partial charge in [-0.3, -0.25) is 0 Å². The molecule has 0 aliphatic heterocycles. The molecule has 0 heterocycles. The summed E-state index contributed by atoms with van der Waals surface area (Å²) in [5, 5.41) is 21.0. The quantitative estimate of drug-likeness (QED) is 0.201. The van der Waals surface area contributed by atoms with Gasteiger partial charge in [0.1, 0.15) is 28.7 Å². The van der Waals surface area contributed by atoms with Crippen LogP contribution in [-0.4, -0.2) is 10.2 Å². The Morgan fingerprint density at radius 1 is 0.676 bits per heavy atom. The number of hydrogen-bond donors (Lipinski definition) is 4. The summed E-state index contributed by atoms with van der Waals surface area (Å²) in [7, 11) is 0. The molecule has 0 aromatic heterocycles. The molecule has 34 heavy (non-hydrogen) atoms. The minimum Gasteiger partial charge on any atom is -0.506 e. The fourth-order valence-corrected chi connectivity index (χ4v) is 3.44. The summed E-state index contributed by atoms with van der Waals surface area (Å²) in [6, 6.07) is 14.0. The number of hydrogen-bond acceptors (Lipinski definition) is 6. The van der Waals surface area contributed by atoms with Gasteiger partial charge in [-0.25, -0.2) is 0 Å². The van der Waals surface area contributed by atoms with Crippen molar-refractivity contribution in [2.45, 2.75) is 0 Å². The topological polar surface area (TPSA) is 111 Å². The highest BCUT2D eigenvalue weighted by molar-refractivity contribution is 6.01. The number of rotatable bonds is 4. The van der Waals surface area contributed by atoms with Crippen LogP contribution in [0.1, 0.15) is 16.7 Å². The van der Waals surface area contributed by atoms with E-state index in [4.69, 9.17) is 40.2 Å². The molecule has 0 unspecified atom stereocenters. The molecule has 0 bridgehead atoms. The van der Waals surface area contributed by atoms with E-state index < -0.39 is 0 Å².